The largest absolute Gasteiger partial charge is 0.396 e. The quantitative estimate of drug-likeness (QED) is 0.288. The Morgan fingerprint density at radius 1 is 1.17 bits per heavy atom. The van der Waals surface area contributed by atoms with Gasteiger partial charge in [-0.25, -0.2) is 9.97 Å². The number of nitrogens with zero attached hydrogens (tertiary/aromatic N) is 5. The molecule has 0 saturated heterocycles. The maximum absolute atomic E-state index is 11.3. The third kappa shape index (κ3) is 4.57. The second-order valence-electron chi connectivity index (χ2n) is 9.01. The lowest BCUT2D eigenvalue weighted by Crippen LogP contribution is -2.48. The average molecular weight is 493 g/mol. The van der Waals surface area contributed by atoms with Gasteiger partial charge in [-0.2, -0.15) is 4.98 Å². The molecule has 3 heterocycles. The van der Waals surface area contributed by atoms with Gasteiger partial charge in [-0.05, 0) is 31.4 Å². The summed E-state index contributed by atoms with van der Waals surface area (Å²) in [5.41, 5.74) is 1.61. The van der Waals surface area contributed by atoms with Gasteiger partial charge < -0.3 is 25.5 Å². The van der Waals surface area contributed by atoms with Crippen molar-refractivity contribution in [2.75, 3.05) is 23.9 Å². The molecular weight excluding hydrogens is 464 g/mol. The lowest BCUT2D eigenvalue weighted by atomic mass is 10.0. The van der Waals surface area contributed by atoms with Crippen LogP contribution >= 0.6 is 11.3 Å². The van der Waals surface area contributed by atoms with E-state index in [1.165, 1.54) is 11.3 Å². The van der Waals surface area contributed by atoms with Crippen molar-refractivity contribution >= 4 is 33.3 Å². The third-order valence-electron chi connectivity index (χ3n) is 6.49. The Labute approximate surface area is 207 Å². The van der Waals surface area contributed by atoms with Crippen molar-refractivity contribution in [2.24, 2.45) is 5.92 Å². The molecule has 4 N–H and O–H groups in total. The Morgan fingerprint density at radius 2 is 1.97 bits per heavy atom. The molecule has 0 radical (unpaired) electrons. The van der Waals surface area contributed by atoms with Crippen LogP contribution in [0, 0.1) is 12.8 Å². The van der Waals surface area contributed by atoms with Crippen molar-refractivity contribution in [1.82, 2.24) is 19.9 Å². The van der Waals surface area contributed by atoms with Crippen LogP contribution in [0.2, 0.25) is 0 Å². The van der Waals surface area contributed by atoms with Crippen LogP contribution in [-0.2, 0) is 6.54 Å². The molecule has 182 valence electrons. The highest BCUT2D eigenvalue weighted by molar-refractivity contribution is 7.21. The SMILES string of the molecule is Cc1nc(N(C)Cc2ccccc2)nc(NC2(O)CCC(CO)C2O)c1-c1nc2cnccc2s1. The van der Waals surface area contributed by atoms with Gasteiger partial charge in [0.15, 0.2) is 5.72 Å². The van der Waals surface area contributed by atoms with Crippen LogP contribution in [0.15, 0.2) is 48.8 Å². The Balaban J connectivity index is 1.57. The molecule has 10 heteroatoms. The fraction of sp³-hybridized carbons (Fsp3) is 0.360. The second kappa shape index (κ2) is 9.46. The summed E-state index contributed by atoms with van der Waals surface area (Å²) in [6, 6.07) is 11.9. The summed E-state index contributed by atoms with van der Waals surface area (Å²) >= 11 is 1.49. The van der Waals surface area contributed by atoms with E-state index in [9.17, 15) is 15.3 Å². The van der Waals surface area contributed by atoms with E-state index in [1.807, 2.05) is 55.3 Å². The third-order valence-corrected chi connectivity index (χ3v) is 7.54. The summed E-state index contributed by atoms with van der Waals surface area (Å²) in [6.45, 7) is 2.29. The minimum atomic E-state index is -1.63. The summed E-state index contributed by atoms with van der Waals surface area (Å²) in [4.78, 5) is 20.4. The van der Waals surface area contributed by atoms with Crippen molar-refractivity contribution in [1.29, 1.82) is 0 Å². The molecule has 4 aromatic rings. The zero-order valence-electron chi connectivity index (χ0n) is 19.6. The van der Waals surface area contributed by atoms with Crippen LogP contribution in [0.4, 0.5) is 11.8 Å². The smallest absolute Gasteiger partial charge is 0.227 e. The molecule has 3 atom stereocenters. The molecule has 1 saturated carbocycles. The number of benzene rings is 1. The maximum Gasteiger partial charge on any atom is 0.227 e. The van der Waals surface area contributed by atoms with Gasteiger partial charge in [0.2, 0.25) is 5.95 Å². The van der Waals surface area contributed by atoms with E-state index in [0.29, 0.717) is 41.0 Å². The molecule has 1 aromatic carbocycles. The predicted molar refractivity (Wildman–Crippen MR) is 136 cm³/mol. The van der Waals surface area contributed by atoms with Crippen LogP contribution in [0.3, 0.4) is 0 Å². The number of aliphatic hydroxyl groups excluding tert-OH is 2. The number of thiazole rings is 1. The van der Waals surface area contributed by atoms with E-state index in [0.717, 1.165) is 15.8 Å². The molecule has 1 fully saturated rings. The first-order valence-corrected chi connectivity index (χ1v) is 12.3. The predicted octanol–water partition coefficient (Wildman–Crippen LogP) is 2.96. The van der Waals surface area contributed by atoms with Crippen LogP contribution < -0.4 is 10.2 Å². The molecule has 1 aliphatic carbocycles. The number of hydrogen-bond acceptors (Lipinski definition) is 10. The highest BCUT2D eigenvalue weighted by Gasteiger charge is 2.47. The minimum absolute atomic E-state index is 0.198. The highest BCUT2D eigenvalue weighted by Crippen LogP contribution is 2.40. The molecule has 9 nitrogen and oxygen atoms in total. The van der Waals surface area contributed by atoms with E-state index < -0.39 is 17.7 Å². The van der Waals surface area contributed by atoms with Crippen molar-refractivity contribution in [3.8, 4) is 10.6 Å². The number of rotatable bonds is 7. The molecule has 3 unspecified atom stereocenters. The fourth-order valence-corrected chi connectivity index (χ4v) is 5.55. The van der Waals surface area contributed by atoms with E-state index in [4.69, 9.17) is 15.0 Å². The van der Waals surface area contributed by atoms with E-state index in [1.54, 1.807) is 12.4 Å². The Bertz CT molecular complexity index is 1300. The molecule has 0 aliphatic heterocycles. The van der Waals surface area contributed by atoms with E-state index >= 15 is 0 Å². The van der Waals surface area contributed by atoms with Crippen LogP contribution in [-0.4, -0.2) is 60.7 Å². The Hall–Kier alpha value is -3.18. The lowest BCUT2D eigenvalue weighted by molar-refractivity contribution is -0.0545. The molecule has 0 spiro atoms. The van der Waals surface area contributed by atoms with E-state index in [-0.39, 0.29) is 13.0 Å². The number of aliphatic hydroxyl groups is 3. The van der Waals surface area contributed by atoms with Crippen LogP contribution in [0.1, 0.15) is 24.1 Å². The van der Waals surface area contributed by atoms with Crippen LogP contribution in [0.5, 0.6) is 0 Å². The topological polar surface area (TPSA) is 128 Å². The number of nitrogens with one attached hydrogen (secondary N) is 1. The van der Waals surface area contributed by atoms with Gasteiger partial charge in [-0.1, -0.05) is 30.3 Å². The van der Waals surface area contributed by atoms with Gasteiger partial charge in [0.25, 0.3) is 0 Å². The van der Waals surface area contributed by atoms with Gasteiger partial charge >= 0.3 is 0 Å². The summed E-state index contributed by atoms with van der Waals surface area (Å²) in [7, 11) is 1.91. The second-order valence-corrected chi connectivity index (χ2v) is 10.0. The first-order chi connectivity index (χ1) is 16.9. The molecular formula is C25H28N6O3S. The first-order valence-electron chi connectivity index (χ1n) is 11.5. The molecule has 0 amide bonds. The zero-order valence-corrected chi connectivity index (χ0v) is 20.4. The monoisotopic (exact) mass is 492 g/mol. The van der Waals surface area contributed by atoms with Gasteiger partial charge in [0.05, 0.1) is 22.2 Å². The number of hydrogen-bond donors (Lipinski definition) is 4. The molecule has 5 rings (SSSR count). The van der Waals surface area contributed by atoms with Crippen molar-refractivity contribution in [3.63, 3.8) is 0 Å². The fourth-order valence-electron chi connectivity index (χ4n) is 4.52. The van der Waals surface area contributed by atoms with Gasteiger partial charge in [-0.3, -0.25) is 4.98 Å². The average Bonchev–Trinajstić information content (AvgIpc) is 3.40. The highest BCUT2D eigenvalue weighted by atomic mass is 32.1. The van der Waals surface area contributed by atoms with Gasteiger partial charge in [0.1, 0.15) is 22.4 Å². The Morgan fingerprint density at radius 3 is 2.69 bits per heavy atom. The molecule has 0 bridgehead atoms. The zero-order chi connectivity index (χ0) is 24.6. The number of fused-ring (bicyclic) bond motifs is 1. The summed E-state index contributed by atoms with van der Waals surface area (Å²) in [5.74, 6) is 0.461. The Kier molecular flexibility index (Phi) is 6.37. The maximum atomic E-state index is 11.3. The van der Waals surface area contributed by atoms with Crippen molar-refractivity contribution in [3.05, 3.63) is 60.0 Å². The number of pyridine rings is 1. The molecule has 1 aliphatic rings. The number of aryl methyl sites for hydroxylation is 1. The summed E-state index contributed by atoms with van der Waals surface area (Å²) in [5, 5.41) is 35.5. The standard InChI is InChI=1S/C25H28N6O3S/c1-15-20(23-28-18-12-26-11-9-19(18)35-23)22(30-25(34)10-8-17(14-32)21(25)33)29-24(27-15)31(2)13-16-6-4-3-5-7-16/h3-7,9,11-12,17,21,32-34H,8,10,13-14H2,1-2H3,(H,27,29,30). The van der Waals surface area contributed by atoms with Crippen molar-refractivity contribution in [2.45, 2.75) is 38.1 Å². The van der Waals surface area contributed by atoms with Gasteiger partial charge in [0, 0.05) is 32.3 Å². The van der Waals surface area contributed by atoms with Crippen molar-refractivity contribution < 1.29 is 15.3 Å². The van der Waals surface area contributed by atoms with E-state index in [2.05, 4.69) is 10.3 Å². The summed E-state index contributed by atoms with van der Waals surface area (Å²) in [6.07, 6.45) is 3.07. The summed E-state index contributed by atoms with van der Waals surface area (Å²) < 4.78 is 0.977. The minimum Gasteiger partial charge on any atom is -0.396 e. The first kappa shape index (κ1) is 23.6. The normalized spacial score (nSPS) is 22.0. The number of anilines is 2. The molecule has 35 heavy (non-hydrogen) atoms. The van der Waals surface area contributed by atoms with Gasteiger partial charge in [-0.15, -0.1) is 11.3 Å². The van der Waals surface area contributed by atoms with Crippen LogP contribution in [0.25, 0.3) is 20.8 Å². The molecule has 3 aromatic heterocycles. The lowest BCUT2D eigenvalue weighted by Gasteiger charge is -2.31. The number of aromatic nitrogens is 4.